The first-order chi connectivity index (χ1) is 8.47. The van der Waals surface area contributed by atoms with Gasteiger partial charge < -0.3 is 10.6 Å². The third kappa shape index (κ3) is 1.87. The Kier molecular flexibility index (Phi) is 2.98. The molecule has 19 heavy (non-hydrogen) atoms. The van der Waals surface area contributed by atoms with Gasteiger partial charge in [-0.15, -0.1) is 0 Å². The Morgan fingerprint density at radius 3 is 2.05 bits per heavy atom. The topological polar surface area (TPSA) is 41.1 Å². The lowest BCUT2D eigenvalue weighted by Gasteiger charge is -2.29. The minimum Gasteiger partial charge on any atom is -0.351 e. The normalized spacial score (nSPS) is 33.2. The molecule has 1 heterocycles. The van der Waals surface area contributed by atoms with Crippen LogP contribution in [0.5, 0.6) is 0 Å². The highest BCUT2D eigenvalue weighted by atomic mass is 19.4. The van der Waals surface area contributed by atoms with Gasteiger partial charge in [-0.2, -0.15) is 13.2 Å². The maximum Gasteiger partial charge on any atom is 0.404 e. The van der Waals surface area contributed by atoms with E-state index in [1.54, 1.807) is 0 Å². The van der Waals surface area contributed by atoms with Crippen LogP contribution in [0, 0.1) is 16.2 Å². The van der Waals surface area contributed by atoms with Gasteiger partial charge in [-0.25, -0.2) is 0 Å². The number of halogens is 3. The number of hydrogen-bond donors (Lipinski definition) is 2. The number of alkyl halides is 3. The van der Waals surface area contributed by atoms with Crippen LogP contribution in [0.25, 0.3) is 0 Å². The highest BCUT2D eigenvalue weighted by Crippen LogP contribution is 2.63. The molecule has 1 unspecified atom stereocenters. The van der Waals surface area contributed by atoms with Crippen molar-refractivity contribution in [3.8, 4) is 0 Å². The highest BCUT2D eigenvalue weighted by Gasteiger charge is 2.68. The Labute approximate surface area is 111 Å². The Morgan fingerprint density at radius 1 is 1.21 bits per heavy atom. The number of amides is 1. The molecular weight excluding hydrogens is 257 g/mol. The van der Waals surface area contributed by atoms with Gasteiger partial charge >= 0.3 is 6.18 Å². The predicted molar refractivity (Wildman–Crippen MR) is 65.5 cm³/mol. The standard InChI is InChI=1S/C13H21F3N2O/c1-10(2)8(11(10,3)4)18-9(19)12(13(14,15)16)5-6-17-7-12/h8,17H,5-7H2,1-4H3,(H,18,19). The first-order valence-corrected chi connectivity index (χ1v) is 6.55. The quantitative estimate of drug-likeness (QED) is 0.812. The van der Waals surface area contributed by atoms with Crippen molar-refractivity contribution in [3.63, 3.8) is 0 Å². The van der Waals surface area contributed by atoms with Crippen molar-refractivity contribution in [2.75, 3.05) is 13.1 Å². The predicted octanol–water partition coefficient (Wildman–Crippen LogP) is 2.08. The van der Waals surface area contributed by atoms with Gasteiger partial charge in [0.2, 0.25) is 5.91 Å². The summed E-state index contributed by atoms with van der Waals surface area (Å²) in [5.41, 5.74) is -2.59. The zero-order chi connectivity index (χ0) is 14.7. The fourth-order valence-corrected chi connectivity index (χ4v) is 3.08. The van der Waals surface area contributed by atoms with Crippen molar-refractivity contribution in [3.05, 3.63) is 0 Å². The second-order valence-electron chi connectivity index (χ2n) is 6.86. The van der Waals surface area contributed by atoms with Gasteiger partial charge in [-0.1, -0.05) is 27.7 Å². The summed E-state index contributed by atoms with van der Waals surface area (Å²) in [6, 6.07) is -0.202. The third-order valence-corrected chi connectivity index (χ3v) is 5.43. The molecule has 2 rings (SSSR count). The summed E-state index contributed by atoms with van der Waals surface area (Å²) in [7, 11) is 0. The molecule has 2 N–H and O–H groups in total. The molecule has 0 aromatic rings. The Hall–Kier alpha value is -0.780. The Morgan fingerprint density at radius 2 is 1.74 bits per heavy atom. The monoisotopic (exact) mass is 278 g/mol. The molecule has 0 aromatic carbocycles. The number of carbonyl (C=O) groups is 1. The summed E-state index contributed by atoms with van der Waals surface area (Å²) in [5.74, 6) is -0.881. The zero-order valence-electron chi connectivity index (χ0n) is 11.7. The molecule has 0 radical (unpaired) electrons. The number of rotatable bonds is 2. The van der Waals surface area contributed by atoms with Gasteiger partial charge in [0.15, 0.2) is 5.41 Å². The van der Waals surface area contributed by atoms with Crippen molar-refractivity contribution in [2.45, 2.75) is 46.3 Å². The molecule has 1 amide bonds. The van der Waals surface area contributed by atoms with E-state index in [9.17, 15) is 18.0 Å². The van der Waals surface area contributed by atoms with Crippen LogP contribution >= 0.6 is 0 Å². The van der Waals surface area contributed by atoms with Crippen molar-refractivity contribution in [1.82, 2.24) is 10.6 Å². The molecule has 1 saturated heterocycles. The summed E-state index contributed by atoms with van der Waals surface area (Å²) < 4.78 is 39.7. The SMILES string of the molecule is CC1(C)C(NC(=O)C2(C(F)(F)F)CCNC2)C1(C)C. The van der Waals surface area contributed by atoms with Gasteiger partial charge in [0.05, 0.1) is 0 Å². The van der Waals surface area contributed by atoms with Crippen molar-refractivity contribution in [2.24, 2.45) is 16.2 Å². The van der Waals surface area contributed by atoms with Crippen molar-refractivity contribution < 1.29 is 18.0 Å². The molecule has 1 aliphatic heterocycles. The molecule has 6 heteroatoms. The maximum atomic E-state index is 13.2. The average Bonchev–Trinajstić information content (AvgIpc) is 2.69. The van der Waals surface area contributed by atoms with E-state index in [1.165, 1.54) is 0 Å². The van der Waals surface area contributed by atoms with Gasteiger partial charge in [0.25, 0.3) is 0 Å². The van der Waals surface area contributed by atoms with E-state index in [1.807, 2.05) is 27.7 Å². The molecule has 110 valence electrons. The fraction of sp³-hybridized carbons (Fsp3) is 0.923. The molecule has 1 aliphatic carbocycles. The molecule has 2 fully saturated rings. The minimum atomic E-state index is -4.51. The van der Waals surface area contributed by atoms with Gasteiger partial charge in [0.1, 0.15) is 0 Å². The van der Waals surface area contributed by atoms with Gasteiger partial charge in [0, 0.05) is 12.6 Å². The van der Waals surface area contributed by atoms with E-state index < -0.39 is 17.5 Å². The van der Waals surface area contributed by atoms with E-state index >= 15 is 0 Å². The van der Waals surface area contributed by atoms with Crippen molar-refractivity contribution >= 4 is 5.91 Å². The molecule has 0 spiro atoms. The maximum absolute atomic E-state index is 13.2. The Bertz CT molecular complexity index is 381. The highest BCUT2D eigenvalue weighted by molar-refractivity contribution is 5.85. The fourth-order valence-electron chi connectivity index (χ4n) is 3.08. The summed E-state index contributed by atoms with van der Waals surface area (Å²) in [6.07, 6.45) is -4.69. The number of carbonyl (C=O) groups excluding carboxylic acids is 1. The lowest BCUT2D eigenvalue weighted by molar-refractivity contribution is -0.216. The third-order valence-electron chi connectivity index (χ3n) is 5.43. The first kappa shape index (κ1) is 14.6. The van der Waals surface area contributed by atoms with Crippen LogP contribution in [-0.4, -0.2) is 31.2 Å². The summed E-state index contributed by atoms with van der Waals surface area (Å²) in [5, 5.41) is 5.28. The number of hydrogen-bond acceptors (Lipinski definition) is 2. The number of nitrogens with one attached hydrogen (secondary N) is 2. The van der Waals surface area contributed by atoms with Crippen LogP contribution in [0.1, 0.15) is 34.1 Å². The van der Waals surface area contributed by atoms with Crippen LogP contribution in [-0.2, 0) is 4.79 Å². The van der Waals surface area contributed by atoms with Crippen LogP contribution in [0.15, 0.2) is 0 Å². The van der Waals surface area contributed by atoms with Crippen LogP contribution in [0.4, 0.5) is 13.2 Å². The average molecular weight is 278 g/mol. The zero-order valence-corrected chi connectivity index (χ0v) is 11.7. The largest absolute Gasteiger partial charge is 0.404 e. The molecule has 2 aliphatic rings. The molecule has 0 bridgehead atoms. The second-order valence-corrected chi connectivity index (χ2v) is 6.86. The van der Waals surface area contributed by atoms with Crippen LogP contribution < -0.4 is 10.6 Å². The molecule has 3 nitrogen and oxygen atoms in total. The van der Waals surface area contributed by atoms with Gasteiger partial charge in [-0.05, 0) is 23.8 Å². The smallest absolute Gasteiger partial charge is 0.351 e. The summed E-state index contributed by atoms with van der Waals surface area (Å²) in [4.78, 5) is 12.2. The second kappa shape index (κ2) is 3.87. The summed E-state index contributed by atoms with van der Waals surface area (Å²) in [6.45, 7) is 7.76. The minimum absolute atomic E-state index is 0.165. The van der Waals surface area contributed by atoms with Crippen LogP contribution in [0.3, 0.4) is 0 Å². The molecular formula is C13H21F3N2O. The lowest BCUT2D eigenvalue weighted by Crippen LogP contribution is -2.53. The van der Waals surface area contributed by atoms with E-state index in [4.69, 9.17) is 0 Å². The van der Waals surface area contributed by atoms with E-state index in [2.05, 4.69) is 10.6 Å². The van der Waals surface area contributed by atoms with E-state index in [-0.39, 0.29) is 36.4 Å². The molecule has 1 atom stereocenters. The molecule has 1 saturated carbocycles. The molecule has 0 aromatic heterocycles. The Balaban J connectivity index is 2.16. The lowest BCUT2D eigenvalue weighted by atomic mass is 9.85. The van der Waals surface area contributed by atoms with Gasteiger partial charge in [-0.3, -0.25) is 4.79 Å². The van der Waals surface area contributed by atoms with E-state index in [0.717, 1.165) is 0 Å². The van der Waals surface area contributed by atoms with Crippen molar-refractivity contribution in [1.29, 1.82) is 0 Å². The van der Waals surface area contributed by atoms with E-state index in [0.29, 0.717) is 0 Å². The first-order valence-electron chi connectivity index (χ1n) is 6.55. The summed E-state index contributed by atoms with van der Waals surface area (Å²) >= 11 is 0. The van der Waals surface area contributed by atoms with Crippen LogP contribution in [0.2, 0.25) is 0 Å².